The molecule has 3 fully saturated rings. The second-order valence-electron chi connectivity index (χ2n) is 6.03. The monoisotopic (exact) mass is 281 g/mol. The summed E-state index contributed by atoms with van der Waals surface area (Å²) in [5.41, 5.74) is 0. The molecule has 0 aromatic heterocycles. The number of ether oxygens (including phenoxy) is 1. The van der Waals surface area contributed by atoms with E-state index in [2.05, 4.69) is 0 Å². The van der Waals surface area contributed by atoms with Crippen molar-refractivity contribution >= 4 is 17.8 Å². The highest BCUT2D eigenvalue weighted by Gasteiger charge is 2.66. The molecule has 2 saturated carbocycles. The van der Waals surface area contributed by atoms with Gasteiger partial charge in [-0.1, -0.05) is 6.92 Å². The first-order chi connectivity index (χ1) is 9.47. The zero-order valence-electron chi connectivity index (χ0n) is 11.6. The van der Waals surface area contributed by atoms with Crippen LogP contribution in [0.4, 0.5) is 0 Å². The van der Waals surface area contributed by atoms with Gasteiger partial charge in [0, 0.05) is 0 Å². The molecule has 4 unspecified atom stereocenters. The van der Waals surface area contributed by atoms with Gasteiger partial charge in [0.15, 0.2) is 0 Å². The van der Waals surface area contributed by atoms with E-state index < -0.39 is 18.0 Å². The van der Waals surface area contributed by atoms with E-state index in [1.165, 1.54) is 0 Å². The predicted molar refractivity (Wildman–Crippen MR) is 67.1 cm³/mol. The summed E-state index contributed by atoms with van der Waals surface area (Å²) >= 11 is 0. The topological polar surface area (TPSA) is 83.9 Å². The molecule has 2 amide bonds. The van der Waals surface area contributed by atoms with Crippen LogP contribution in [0, 0.1) is 29.6 Å². The molecule has 110 valence electrons. The van der Waals surface area contributed by atoms with Crippen LogP contribution in [0.1, 0.15) is 20.3 Å². The highest BCUT2D eigenvalue weighted by Crippen LogP contribution is 2.58. The fourth-order valence-electron chi connectivity index (χ4n) is 4.31. The number of likely N-dealkylation sites (tertiary alicyclic amines) is 1. The van der Waals surface area contributed by atoms with Crippen molar-refractivity contribution in [1.82, 2.24) is 4.90 Å². The lowest BCUT2D eigenvalue weighted by Crippen LogP contribution is -2.38. The summed E-state index contributed by atoms with van der Waals surface area (Å²) in [5.74, 6) is -1.96. The molecule has 1 N–H and O–H groups in total. The Kier molecular flexibility index (Phi) is 3.08. The Labute approximate surface area is 117 Å². The van der Waals surface area contributed by atoms with Gasteiger partial charge in [-0.2, -0.15) is 0 Å². The van der Waals surface area contributed by atoms with Crippen molar-refractivity contribution in [3.63, 3.8) is 0 Å². The third-order valence-corrected chi connectivity index (χ3v) is 5.20. The quantitative estimate of drug-likeness (QED) is 0.572. The van der Waals surface area contributed by atoms with Crippen LogP contribution in [0.5, 0.6) is 0 Å². The number of hydrogen-bond acceptors (Lipinski definition) is 5. The Balaban J connectivity index is 1.81. The minimum Gasteiger partial charge on any atom is -0.465 e. The van der Waals surface area contributed by atoms with Crippen LogP contribution < -0.4 is 0 Å². The molecule has 6 nitrogen and oxygen atoms in total. The molecule has 1 aliphatic heterocycles. The molecule has 1 heterocycles. The average molecular weight is 281 g/mol. The van der Waals surface area contributed by atoms with Gasteiger partial charge in [-0.15, -0.1) is 0 Å². The van der Waals surface area contributed by atoms with E-state index >= 15 is 0 Å². The van der Waals surface area contributed by atoms with Crippen LogP contribution in [-0.2, 0) is 19.1 Å². The Hall–Kier alpha value is -1.43. The van der Waals surface area contributed by atoms with E-state index in [-0.39, 0.29) is 48.6 Å². The summed E-state index contributed by atoms with van der Waals surface area (Å²) in [5, 5.41) is 10.1. The zero-order chi connectivity index (χ0) is 14.6. The molecular formula is C14H19NO5. The van der Waals surface area contributed by atoms with Crippen molar-refractivity contribution in [2.45, 2.75) is 26.4 Å². The van der Waals surface area contributed by atoms with Gasteiger partial charge in [-0.25, -0.2) is 0 Å². The van der Waals surface area contributed by atoms with Crippen molar-refractivity contribution in [1.29, 1.82) is 0 Å². The number of carbonyl (C=O) groups is 3. The number of amides is 2. The van der Waals surface area contributed by atoms with E-state index in [9.17, 15) is 19.5 Å². The van der Waals surface area contributed by atoms with Crippen LogP contribution >= 0.6 is 0 Å². The molecule has 3 aliphatic rings. The molecule has 0 radical (unpaired) electrons. The minimum absolute atomic E-state index is 0.0422. The van der Waals surface area contributed by atoms with Crippen molar-refractivity contribution in [2.24, 2.45) is 29.6 Å². The van der Waals surface area contributed by atoms with Crippen LogP contribution in [0.15, 0.2) is 0 Å². The van der Waals surface area contributed by atoms with Crippen LogP contribution in [-0.4, -0.2) is 47.0 Å². The SMILES string of the molecule is CCOC(=O)CN1C(=O)C2C(C1=O)C1CC2[C@@H](C)[C@H]1O. The highest BCUT2D eigenvalue weighted by molar-refractivity contribution is 6.07. The maximum absolute atomic E-state index is 12.4. The number of carbonyl (C=O) groups excluding carboxylic acids is 3. The normalized spacial score (nSPS) is 42.2. The molecule has 6 heteroatoms. The van der Waals surface area contributed by atoms with Crippen molar-refractivity contribution < 1.29 is 24.2 Å². The summed E-state index contributed by atoms with van der Waals surface area (Å²) in [6, 6.07) is 0. The third kappa shape index (κ3) is 1.63. The Morgan fingerprint density at radius 3 is 2.50 bits per heavy atom. The summed E-state index contributed by atoms with van der Waals surface area (Å²) < 4.78 is 4.80. The average Bonchev–Trinajstić information content (AvgIpc) is 2.99. The lowest BCUT2D eigenvalue weighted by Gasteiger charge is -2.30. The van der Waals surface area contributed by atoms with E-state index in [0.717, 1.165) is 11.3 Å². The molecule has 0 aromatic carbocycles. The largest absolute Gasteiger partial charge is 0.465 e. The minimum atomic E-state index is -0.560. The maximum atomic E-state index is 12.4. The summed E-state index contributed by atoms with van der Waals surface area (Å²) in [7, 11) is 0. The number of esters is 1. The smallest absolute Gasteiger partial charge is 0.326 e. The number of fused-ring (bicyclic) bond motifs is 5. The number of aliphatic hydroxyl groups excluding tert-OH is 1. The molecule has 20 heavy (non-hydrogen) atoms. The summed E-state index contributed by atoms with van der Waals surface area (Å²) in [6.45, 7) is 3.53. The van der Waals surface area contributed by atoms with Gasteiger partial charge in [0.05, 0.1) is 24.5 Å². The highest BCUT2D eigenvalue weighted by atomic mass is 16.5. The van der Waals surface area contributed by atoms with Crippen molar-refractivity contribution in [2.75, 3.05) is 13.2 Å². The fourth-order valence-corrected chi connectivity index (χ4v) is 4.31. The molecule has 1 saturated heterocycles. The number of rotatable bonds is 3. The second kappa shape index (κ2) is 4.55. The van der Waals surface area contributed by atoms with E-state index in [4.69, 9.17) is 4.74 Å². The van der Waals surface area contributed by atoms with Crippen LogP contribution in [0.3, 0.4) is 0 Å². The van der Waals surface area contributed by atoms with Gasteiger partial charge in [-0.3, -0.25) is 19.3 Å². The second-order valence-corrected chi connectivity index (χ2v) is 6.03. The molecule has 6 atom stereocenters. The first kappa shape index (κ1) is 13.5. The predicted octanol–water partition coefficient (Wildman–Crippen LogP) is -0.203. The first-order valence-electron chi connectivity index (χ1n) is 7.16. The van der Waals surface area contributed by atoms with Crippen molar-refractivity contribution in [3.8, 4) is 0 Å². The zero-order valence-corrected chi connectivity index (χ0v) is 11.6. The van der Waals surface area contributed by atoms with Gasteiger partial charge in [0.25, 0.3) is 0 Å². The van der Waals surface area contributed by atoms with Gasteiger partial charge in [-0.05, 0) is 31.1 Å². The van der Waals surface area contributed by atoms with Crippen molar-refractivity contribution in [3.05, 3.63) is 0 Å². The molecular weight excluding hydrogens is 262 g/mol. The van der Waals surface area contributed by atoms with Gasteiger partial charge in [0.2, 0.25) is 11.8 Å². The van der Waals surface area contributed by atoms with E-state index in [1.54, 1.807) is 6.92 Å². The summed E-state index contributed by atoms with van der Waals surface area (Å²) in [4.78, 5) is 37.3. The number of aliphatic hydroxyl groups is 1. The molecule has 0 aromatic rings. The summed E-state index contributed by atoms with van der Waals surface area (Å²) in [6.07, 6.45) is 0.225. The number of nitrogens with zero attached hydrogens (tertiary/aromatic N) is 1. The third-order valence-electron chi connectivity index (χ3n) is 5.20. The Morgan fingerprint density at radius 1 is 1.30 bits per heavy atom. The van der Waals surface area contributed by atoms with Gasteiger partial charge >= 0.3 is 5.97 Å². The molecule has 3 rings (SSSR count). The van der Waals surface area contributed by atoms with Crippen LogP contribution in [0.25, 0.3) is 0 Å². The van der Waals surface area contributed by atoms with E-state index in [1.807, 2.05) is 6.92 Å². The Bertz CT molecular complexity index is 444. The lowest BCUT2D eigenvalue weighted by atomic mass is 9.74. The molecule has 2 bridgehead atoms. The first-order valence-corrected chi connectivity index (χ1v) is 7.16. The van der Waals surface area contributed by atoms with Gasteiger partial charge in [0.1, 0.15) is 6.54 Å². The molecule has 2 aliphatic carbocycles. The van der Waals surface area contributed by atoms with Gasteiger partial charge < -0.3 is 9.84 Å². The Morgan fingerprint density at radius 2 is 1.90 bits per heavy atom. The number of imide groups is 1. The molecule has 0 spiro atoms. The standard InChI is InChI=1S/C14H19NO5/c1-3-20-9(16)5-15-13(18)10-7-4-8(11(10)14(15)19)12(17)6(7)2/h6-8,10-12,17H,3-5H2,1-2H3/t6-,7?,8?,10?,11?,12-/m1/s1. The lowest BCUT2D eigenvalue weighted by molar-refractivity contribution is -0.153. The van der Waals surface area contributed by atoms with Crippen LogP contribution in [0.2, 0.25) is 0 Å². The fraction of sp³-hybridized carbons (Fsp3) is 0.786. The maximum Gasteiger partial charge on any atom is 0.326 e. The van der Waals surface area contributed by atoms with E-state index in [0.29, 0.717) is 0 Å². The number of hydrogen-bond donors (Lipinski definition) is 1.